The monoisotopic (exact) mass is 420 g/mol. The maximum absolute atomic E-state index is 12.6. The Kier molecular flexibility index (Phi) is 5.13. The number of carbonyl (C=O) groups excluding carboxylic acids is 2. The molecule has 1 aromatic heterocycles. The first-order chi connectivity index (χ1) is 12.3. The normalized spacial score (nSPS) is 17.6. The van der Waals surface area contributed by atoms with Crippen LogP contribution in [0, 0.1) is 5.92 Å². The SMILES string of the molecule is CC(C)(C)c1nc(CNC(=O)C2CCN(c3cccc(Br)c3)C2=O)no1. The summed E-state index contributed by atoms with van der Waals surface area (Å²) in [6.45, 7) is 6.56. The molecule has 2 aromatic rings. The lowest BCUT2D eigenvalue weighted by Crippen LogP contribution is -2.36. The van der Waals surface area contributed by atoms with E-state index in [2.05, 4.69) is 31.4 Å². The number of hydrogen-bond acceptors (Lipinski definition) is 5. The maximum atomic E-state index is 12.6. The second-order valence-corrected chi connectivity index (χ2v) is 8.21. The Balaban J connectivity index is 1.60. The quantitative estimate of drug-likeness (QED) is 0.768. The molecule has 1 aliphatic rings. The van der Waals surface area contributed by atoms with Gasteiger partial charge >= 0.3 is 0 Å². The van der Waals surface area contributed by atoms with Crippen LogP contribution in [-0.4, -0.2) is 28.5 Å². The van der Waals surface area contributed by atoms with Gasteiger partial charge in [-0.3, -0.25) is 9.59 Å². The van der Waals surface area contributed by atoms with Gasteiger partial charge in [-0.15, -0.1) is 0 Å². The summed E-state index contributed by atoms with van der Waals surface area (Å²) in [6, 6.07) is 7.48. The van der Waals surface area contributed by atoms with Gasteiger partial charge in [0.05, 0.1) is 6.54 Å². The van der Waals surface area contributed by atoms with E-state index in [9.17, 15) is 9.59 Å². The zero-order valence-electron chi connectivity index (χ0n) is 15.0. The van der Waals surface area contributed by atoms with E-state index in [4.69, 9.17) is 4.52 Å². The number of nitrogens with one attached hydrogen (secondary N) is 1. The zero-order valence-corrected chi connectivity index (χ0v) is 16.5. The van der Waals surface area contributed by atoms with Crippen LogP contribution in [0.1, 0.15) is 38.9 Å². The number of benzene rings is 1. The van der Waals surface area contributed by atoms with Crippen LogP contribution in [0.2, 0.25) is 0 Å². The summed E-state index contributed by atoms with van der Waals surface area (Å²) in [5.74, 6) is -0.279. The first kappa shape index (κ1) is 18.6. The number of anilines is 1. The third kappa shape index (κ3) is 3.95. The van der Waals surface area contributed by atoms with Crippen molar-refractivity contribution >= 4 is 33.4 Å². The molecular weight excluding hydrogens is 400 g/mol. The largest absolute Gasteiger partial charge is 0.348 e. The first-order valence-corrected chi connectivity index (χ1v) is 9.23. The minimum absolute atomic E-state index is 0.138. The molecule has 1 unspecified atom stereocenters. The molecule has 1 fully saturated rings. The van der Waals surface area contributed by atoms with E-state index in [0.717, 1.165) is 10.2 Å². The van der Waals surface area contributed by atoms with Crippen molar-refractivity contribution in [1.29, 1.82) is 0 Å². The predicted octanol–water partition coefficient (Wildman–Crippen LogP) is 2.80. The molecule has 1 aromatic carbocycles. The smallest absolute Gasteiger partial charge is 0.239 e. The molecule has 0 spiro atoms. The number of halogens is 1. The van der Waals surface area contributed by atoms with Gasteiger partial charge in [0, 0.05) is 22.1 Å². The molecule has 3 rings (SSSR count). The molecule has 26 heavy (non-hydrogen) atoms. The Labute approximate surface area is 160 Å². The Morgan fingerprint density at radius 3 is 2.85 bits per heavy atom. The fraction of sp³-hybridized carbons (Fsp3) is 0.444. The number of amides is 2. The van der Waals surface area contributed by atoms with Crippen LogP contribution in [-0.2, 0) is 21.5 Å². The molecule has 2 heterocycles. The fourth-order valence-corrected chi connectivity index (χ4v) is 3.13. The summed E-state index contributed by atoms with van der Waals surface area (Å²) in [6.07, 6.45) is 0.483. The summed E-state index contributed by atoms with van der Waals surface area (Å²) in [7, 11) is 0. The minimum atomic E-state index is -0.692. The van der Waals surface area contributed by atoms with Crippen LogP contribution in [0.15, 0.2) is 33.3 Å². The number of rotatable bonds is 4. The van der Waals surface area contributed by atoms with Gasteiger partial charge in [-0.1, -0.05) is 47.9 Å². The van der Waals surface area contributed by atoms with Gasteiger partial charge in [0.1, 0.15) is 5.92 Å². The van der Waals surface area contributed by atoms with Crippen LogP contribution in [0.4, 0.5) is 5.69 Å². The molecule has 0 radical (unpaired) electrons. The topological polar surface area (TPSA) is 88.3 Å². The Morgan fingerprint density at radius 1 is 1.42 bits per heavy atom. The van der Waals surface area contributed by atoms with E-state index in [-0.39, 0.29) is 23.8 Å². The molecule has 1 N–H and O–H groups in total. The molecule has 1 aliphatic heterocycles. The maximum Gasteiger partial charge on any atom is 0.239 e. The molecule has 138 valence electrons. The summed E-state index contributed by atoms with van der Waals surface area (Å²) < 4.78 is 6.09. The van der Waals surface area contributed by atoms with Gasteiger partial charge in [-0.2, -0.15) is 4.98 Å². The van der Waals surface area contributed by atoms with Gasteiger partial charge in [0.25, 0.3) is 0 Å². The summed E-state index contributed by atoms with van der Waals surface area (Å²) in [4.78, 5) is 30.9. The lowest BCUT2D eigenvalue weighted by Gasteiger charge is -2.17. The van der Waals surface area contributed by atoms with Crippen molar-refractivity contribution in [1.82, 2.24) is 15.5 Å². The lowest BCUT2D eigenvalue weighted by atomic mass is 9.97. The average Bonchev–Trinajstić information content (AvgIpc) is 3.19. The van der Waals surface area contributed by atoms with Crippen molar-refractivity contribution < 1.29 is 14.1 Å². The third-order valence-electron chi connectivity index (χ3n) is 4.17. The lowest BCUT2D eigenvalue weighted by molar-refractivity contribution is -0.132. The number of nitrogens with zero attached hydrogens (tertiary/aromatic N) is 3. The van der Waals surface area contributed by atoms with Gasteiger partial charge in [-0.25, -0.2) is 0 Å². The molecule has 0 bridgehead atoms. The van der Waals surface area contributed by atoms with Crippen LogP contribution < -0.4 is 10.2 Å². The number of aromatic nitrogens is 2. The summed E-state index contributed by atoms with van der Waals surface area (Å²) in [5, 5.41) is 6.61. The number of hydrogen-bond donors (Lipinski definition) is 1. The molecule has 7 nitrogen and oxygen atoms in total. The highest BCUT2D eigenvalue weighted by Crippen LogP contribution is 2.27. The van der Waals surface area contributed by atoms with E-state index in [1.807, 2.05) is 45.0 Å². The molecule has 2 amide bonds. The van der Waals surface area contributed by atoms with E-state index in [1.54, 1.807) is 4.90 Å². The van der Waals surface area contributed by atoms with Crippen molar-refractivity contribution in [2.45, 2.75) is 39.2 Å². The van der Waals surface area contributed by atoms with Gasteiger partial charge in [0.2, 0.25) is 17.7 Å². The van der Waals surface area contributed by atoms with Crippen molar-refractivity contribution in [3.05, 3.63) is 40.5 Å². The van der Waals surface area contributed by atoms with Gasteiger partial charge in [-0.05, 0) is 24.6 Å². The van der Waals surface area contributed by atoms with E-state index < -0.39 is 5.92 Å². The molecule has 1 saturated heterocycles. The molecule has 0 aliphatic carbocycles. The van der Waals surface area contributed by atoms with Crippen LogP contribution in [0.3, 0.4) is 0 Å². The second-order valence-electron chi connectivity index (χ2n) is 7.29. The molecule has 0 saturated carbocycles. The highest BCUT2D eigenvalue weighted by molar-refractivity contribution is 9.10. The fourth-order valence-electron chi connectivity index (χ4n) is 2.74. The summed E-state index contributed by atoms with van der Waals surface area (Å²) >= 11 is 3.40. The highest BCUT2D eigenvalue weighted by Gasteiger charge is 2.37. The van der Waals surface area contributed by atoms with Crippen molar-refractivity contribution in [3.63, 3.8) is 0 Å². The average molecular weight is 421 g/mol. The van der Waals surface area contributed by atoms with E-state index in [0.29, 0.717) is 24.7 Å². The van der Waals surface area contributed by atoms with Crippen LogP contribution >= 0.6 is 15.9 Å². The van der Waals surface area contributed by atoms with E-state index >= 15 is 0 Å². The second kappa shape index (κ2) is 7.19. The first-order valence-electron chi connectivity index (χ1n) is 8.43. The minimum Gasteiger partial charge on any atom is -0.348 e. The molecule has 8 heteroatoms. The van der Waals surface area contributed by atoms with Gasteiger partial charge < -0.3 is 14.7 Å². The van der Waals surface area contributed by atoms with Crippen LogP contribution in [0.5, 0.6) is 0 Å². The Hall–Kier alpha value is -2.22. The van der Waals surface area contributed by atoms with E-state index in [1.165, 1.54) is 0 Å². The van der Waals surface area contributed by atoms with Crippen molar-refractivity contribution in [3.8, 4) is 0 Å². The third-order valence-corrected chi connectivity index (χ3v) is 4.67. The number of carbonyl (C=O) groups is 2. The highest BCUT2D eigenvalue weighted by atomic mass is 79.9. The zero-order chi connectivity index (χ0) is 18.9. The van der Waals surface area contributed by atoms with Crippen molar-refractivity contribution in [2.24, 2.45) is 5.92 Å². The predicted molar refractivity (Wildman–Crippen MR) is 99.4 cm³/mol. The molecule has 1 atom stereocenters. The Bertz CT molecular complexity index is 828. The standard InChI is InChI=1S/C18H21BrN4O3/c1-18(2,3)17-21-14(22-26-17)10-20-15(24)13-7-8-23(16(13)25)12-6-4-5-11(19)9-12/h4-6,9,13H,7-8,10H2,1-3H3,(H,20,24). The summed E-state index contributed by atoms with van der Waals surface area (Å²) in [5.41, 5.74) is 0.536. The van der Waals surface area contributed by atoms with Crippen LogP contribution in [0.25, 0.3) is 0 Å². The van der Waals surface area contributed by atoms with Crippen molar-refractivity contribution in [2.75, 3.05) is 11.4 Å². The Morgan fingerprint density at radius 2 is 2.19 bits per heavy atom. The van der Waals surface area contributed by atoms with Gasteiger partial charge in [0.15, 0.2) is 5.82 Å². The molecular formula is C18H21BrN4O3.